The highest BCUT2D eigenvalue weighted by Gasteiger charge is 2.17. The Morgan fingerprint density at radius 2 is 1.90 bits per heavy atom. The van der Waals surface area contributed by atoms with Crippen LogP contribution in [0.3, 0.4) is 0 Å². The maximum absolute atomic E-state index is 6.44. The molecule has 0 atom stereocenters. The van der Waals surface area contributed by atoms with Crippen LogP contribution < -0.4 is 15.8 Å². The van der Waals surface area contributed by atoms with E-state index in [4.69, 9.17) is 22.1 Å². The number of piperidine rings is 1. The zero-order chi connectivity index (χ0) is 21.4. The van der Waals surface area contributed by atoms with Gasteiger partial charge in [0.15, 0.2) is 0 Å². The molecular weight excluding hydrogens is 412 g/mol. The lowest BCUT2D eigenvalue weighted by molar-refractivity contribution is 0.343. The minimum atomic E-state index is 0.417. The average Bonchev–Trinajstić information content (AvgIpc) is 3.31. The number of nitrogens with one attached hydrogen (secondary N) is 1. The third-order valence-corrected chi connectivity index (χ3v) is 6.17. The van der Waals surface area contributed by atoms with Crippen molar-refractivity contribution in [2.24, 2.45) is 0 Å². The number of pyridine rings is 2. The molecule has 3 N–H and O–H groups in total. The first-order valence-corrected chi connectivity index (χ1v) is 10.6. The van der Waals surface area contributed by atoms with Crippen LogP contribution >= 0.6 is 11.6 Å². The number of nitrogen functional groups attached to an aromatic ring is 1. The highest BCUT2D eigenvalue weighted by atomic mass is 35.5. The lowest BCUT2D eigenvalue weighted by Crippen LogP contribution is -2.29. The number of rotatable bonds is 4. The second-order valence-corrected chi connectivity index (χ2v) is 8.12. The topological polar surface area (TPSA) is 90.9 Å². The van der Waals surface area contributed by atoms with Crippen LogP contribution in [0.25, 0.3) is 33.2 Å². The molecule has 1 aliphatic heterocycles. The Balaban J connectivity index is 1.53. The van der Waals surface area contributed by atoms with Crippen LogP contribution in [0.1, 0.15) is 18.9 Å². The number of aromatic nitrogens is 4. The first kappa shape index (κ1) is 19.8. The molecule has 0 bridgehead atoms. The molecular formula is C23H23ClN6O. The Hall–Kier alpha value is -3.16. The van der Waals surface area contributed by atoms with Gasteiger partial charge in [0, 0.05) is 51.1 Å². The molecule has 0 spiro atoms. The number of nitrogens with zero attached hydrogens (tertiary/aromatic N) is 4. The number of benzene rings is 1. The van der Waals surface area contributed by atoms with Crippen molar-refractivity contribution in [2.45, 2.75) is 18.9 Å². The highest BCUT2D eigenvalue weighted by Crippen LogP contribution is 2.35. The molecule has 4 heterocycles. The molecule has 1 saturated heterocycles. The van der Waals surface area contributed by atoms with Gasteiger partial charge in [-0.05, 0) is 50.2 Å². The molecule has 5 rings (SSSR count). The second kappa shape index (κ2) is 8.17. The van der Waals surface area contributed by atoms with Crippen molar-refractivity contribution in [1.29, 1.82) is 0 Å². The Morgan fingerprint density at radius 3 is 2.71 bits per heavy atom. The van der Waals surface area contributed by atoms with Crippen LogP contribution in [0.15, 0.2) is 49.1 Å². The summed E-state index contributed by atoms with van der Waals surface area (Å²) in [6, 6.07) is 8.02. The molecule has 0 radical (unpaired) electrons. The van der Waals surface area contributed by atoms with Gasteiger partial charge in [0.2, 0.25) is 0 Å². The fourth-order valence-corrected chi connectivity index (χ4v) is 4.32. The lowest BCUT2D eigenvalue weighted by Gasteiger charge is -2.22. The Morgan fingerprint density at radius 1 is 1.06 bits per heavy atom. The number of ether oxygens (including phenoxy) is 1. The maximum atomic E-state index is 6.44. The van der Waals surface area contributed by atoms with E-state index in [1.807, 2.05) is 30.5 Å². The summed E-state index contributed by atoms with van der Waals surface area (Å²) in [6.07, 6.45) is 9.67. The summed E-state index contributed by atoms with van der Waals surface area (Å²) in [4.78, 5) is 9.04. The zero-order valence-electron chi connectivity index (χ0n) is 17.2. The number of hydrogen-bond donors (Lipinski definition) is 2. The van der Waals surface area contributed by atoms with E-state index in [-0.39, 0.29) is 0 Å². The van der Waals surface area contributed by atoms with Crippen LogP contribution in [0.4, 0.5) is 5.82 Å². The van der Waals surface area contributed by atoms with Crippen molar-refractivity contribution < 1.29 is 4.74 Å². The van der Waals surface area contributed by atoms with E-state index in [0.717, 1.165) is 59.1 Å². The van der Waals surface area contributed by atoms with Crippen LogP contribution in [0.5, 0.6) is 5.75 Å². The van der Waals surface area contributed by atoms with E-state index in [9.17, 15) is 0 Å². The maximum Gasteiger partial charge on any atom is 0.132 e. The van der Waals surface area contributed by atoms with Crippen LogP contribution in [-0.4, -0.2) is 39.9 Å². The van der Waals surface area contributed by atoms with Crippen molar-refractivity contribution >= 4 is 28.2 Å². The minimum absolute atomic E-state index is 0.417. The van der Waals surface area contributed by atoms with Crippen molar-refractivity contribution in [3.8, 4) is 28.1 Å². The Kier molecular flexibility index (Phi) is 5.21. The van der Waals surface area contributed by atoms with Crippen molar-refractivity contribution in [1.82, 2.24) is 25.1 Å². The van der Waals surface area contributed by atoms with Crippen molar-refractivity contribution in [2.75, 3.05) is 25.9 Å². The molecule has 0 saturated carbocycles. The smallest absolute Gasteiger partial charge is 0.132 e. The second-order valence-electron chi connectivity index (χ2n) is 7.71. The third-order valence-electron chi connectivity index (χ3n) is 5.84. The summed E-state index contributed by atoms with van der Waals surface area (Å²) in [5.74, 6) is 1.14. The summed E-state index contributed by atoms with van der Waals surface area (Å²) in [6.45, 7) is 2.04. The number of methoxy groups -OCH3 is 1. The van der Waals surface area contributed by atoms with E-state index in [1.165, 1.54) is 0 Å². The first-order chi connectivity index (χ1) is 15.1. The molecule has 1 fully saturated rings. The van der Waals surface area contributed by atoms with Gasteiger partial charge in [0.05, 0.1) is 25.0 Å². The summed E-state index contributed by atoms with van der Waals surface area (Å²) in [7, 11) is 1.63. The first-order valence-electron chi connectivity index (χ1n) is 10.3. The monoisotopic (exact) mass is 434 g/mol. The third kappa shape index (κ3) is 3.71. The number of hydrogen-bond acceptors (Lipinski definition) is 6. The van der Waals surface area contributed by atoms with E-state index in [0.29, 0.717) is 22.6 Å². The molecule has 31 heavy (non-hydrogen) atoms. The predicted octanol–water partition coefficient (Wildman–Crippen LogP) is 4.33. The predicted molar refractivity (Wildman–Crippen MR) is 123 cm³/mol. The summed E-state index contributed by atoms with van der Waals surface area (Å²) >= 11 is 6.44. The molecule has 1 aliphatic rings. The molecule has 4 aromatic rings. The van der Waals surface area contributed by atoms with E-state index >= 15 is 0 Å². The molecule has 158 valence electrons. The number of fused-ring (bicyclic) bond motifs is 1. The molecule has 8 heteroatoms. The number of nitrogens with two attached hydrogens (primary N) is 1. The van der Waals surface area contributed by atoms with Gasteiger partial charge < -0.3 is 15.8 Å². The van der Waals surface area contributed by atoms with Gasteiger partial charge in [-0.1, -0.05) is 11.6 Å². The molecule has 0 unspecified atom stereocenters. The molecule has 0 aliphatic carbocycles. The van der Waals surface area contributed by atoms with E-state index in [1.54, 1.807) is 19.5 Å². The highest BCUT2D eigenvalue weighted by molar-refractivity contribution is 6.35. The fourth-order valence-electron chi connectivity index (χ4n) is 4.10. The van der Waals surface area contributed by atoms with Crippen LogP contribution in [0, 0.1) is 0 Å². The number of anilines is 1. The minimum Gasteiger partial charge on any atom is -0.496 e. The molecule has 3 aromatic heterocycles. The van der Waals surface area contributed by atoms with Gasteiger partial charge in [-0.25, -0.2) is 4.98 Å². The summed E-state index contributed by atoms with van der Waals surface area (Å²) in [5.41, 5.74) is 9.64. The van der Waals surface area contributed by atoms with Crippen molar-refractivity contribution in [3.05, 3.63) is 54.1 Å². The fraction of sp³-hybridized carbons (Fsp3) is 0.261. The Labute approximate surface area is 185 Å². The molecule has 1 aromatic carbocycles. The molecule has 7 nitrogen and oxygen atoms in total. The zero-order valence-corrected chi connectivity index (χ0v) is 17.9. The average molecular weight is 435 g/mol. The van der Waals surface area contributed by atoms with Crippen LogP contribution in [0.2, 0.25) is 5.02 Å². The van der Waals surface area contributed by atoms with E-state index in [2.05, 4.69) is 31.3 Å². The largest absolute Gasteiger partial charge is 0.496 e. The van der Waals surface area contributed by atoms with Crippen molar-refractivity contribution in [3.63, 3.8) is 0 Å². The quantitative estimate of drug-likeness (QED) is 0.496. The summed E-state index contributed by atoms with van der Waals surface area (Å²) < 4.78 is 7.49. The molecule has 0 amide bonds. The van der Waals surface area contributed by atoms with Gasteiger partial charge in [0.25, 0.3) is 0 Å². The van der Waals surface area contributed by atoms with Gasteiger partial charge in [-0.3, -0.25) is 9.67 Å². The van der Waals surface area contributed by atoms with Gasteiger partial charge in [0.1, 0.15) is 11.6 Å². The Bertz CT molecular complexity index is 1250. The van der Waals surface area contributed by atoms with Crippen LogP contribution in [-0.2, 0) is 0 Å². The summed E-state index contributed by atoms with van der Waals surface area (Å²) in [5, 5.41) is 10.3. The normalized spacial score (nSPS) is 14.8. The SMILES string of the molecule is COc1ccc(Cl)c2cc(-c3cc(-c4cnn(C5CCNCC5)c4)cnc3N)ncc12. The van der Waals surface area contributed by atoms with Gasteiger partial charge >= 0.3 is 0 Å². The van der Waals surface area contributed by atoms with Gasteiger partial charge in [-0.2, -0.15) is 5.10 Å². The van der Waals surface area contributed by atoms with Gasteiger partial charge in [-0.15, -0.1) is 0 Å². The lowest BCUT2D eigenvalue weighted by atomic mass is 10.0. The standard InChI is InChI=1S/C23H23ClN6O/c1-31-22-3-2-20(24)17-9-21(27-12-19(17)22)18-8-14(10-28-23(18)25)15-11-29-30(13-15)16-4-6-26-7-5-16/h2-3,8-13,16,26H,4-7H2,1H3,(H2,25,28). The van der Waals surface area contributed by atoms with E-state index < -0.39 is 0 Å². The number of halogens is 1.